The smallest absolute Gasteiger partial charge is 0.434 e. The quantitative estimate of drug-likeness (QED) is 0.607. The van der Waals surface area contributed by atoms with Crippen LogP contribution in [0.5, 0.6) is 0 Å². The summed E-state index contributed by atoms with van der Waals surface area (Å²) in [6.45, 7) is 0. The van der Waals surface area contributed by atoms with Crippen LogP contribution in [0.1, 0.15) is 21.9 Å². The zero-order chi connectivity index (χ0) is 19.8. The van der Waals surface area contributed by atoms with Crippen LogP contribution in [0.4, 0.5) is 18.9 Å². The SMILES string of the molecule is COC(=O)c1cnc(/C(C(N)=O)=C2/Nc3ccccc3S2)nc1C(F)(F)F. The highest BCUT2D eigenvalue weighted by Crippen LogP contribution is 2.43. The largest absolute Gasteiger partial charge is 0.465 e. The third kappa shape index (κ3) is 3.58. The number of nitrogens with zero attached hydrogens (tertiary/aromatic N) is 2. The standard InChI is InChI=1S/C16H11F3N4O3S/c1-26-15(25)7-6-21-13(23-11(7)16(17,18)19)10(12(20)24)14-22-8-4-2-3-5-9(8)27-14/h2-6,22H,1H3,(H2,20,24)/b14-10-. The molecule has 0 spiro atoms. The van der Waals surface area contributed by atoms with Gasteiger partial charge in [0.25, 0.3) is 5.91 Å². The number of hydrogen-bond acceptors (Lipinski definition) is 7. The van der Waals surface area contributed by atoms with Crippen LogP contribution in [-0.2, 0) is 15.7 Å². The fourth-order valence-corrected chi connectivity index (χ4v) is 3.38. The van der Waals surface area contributed by atoms with Gasteiger partial charge >= 0.3 is 12.1 Å². The number of carbonyl (C=O) groups is 2. The molecule has 11 heteroatoms. The topological polar surface area (TPSA) is 107 Å². The Balaban J connectivity index is 2.15. The van der Waals surface area contributed by atoms with E-state index >= 15 is 0 Å². The van der Waals surface area contributed by atoms with Crippen molar-refractivity contribution < 1.29 is 27.5 Å². The van der Waals surface area contributed by atoms with E-state index in [4.69, 9.17) is 5.73 Å². The van der Waals surface area contributed by atoms with Crippen LogP contribution in [-0.4, -0.2) is 29.0 Å². The maximum absolute atomic E-state index is 13.3. The number of para-hydroxylation sites is 1. The van der Waals surface area contributed by atoms with E-state index in [1.807, 2.05) is 0 Å². The average molecular weight is 396 g/mol. The molecular formula is C16H11F3N4O3S. The monoisotopic (exact) mass is 396 g/mol. The molecule has 2 heterocycles. The summed E-state index contributed by atoms with van der Waals surface area (Å²) in [5, 5.41) is 3.11. The Bertz CT molecular complexity index is 949. The van der Waals surface area contributed by atoms with Gasteiger partial charge in [-0.3, -0.25) is 4.79 Å². The highest BCUT2D eigenvalue weighted by molar-refractivity contribution is 8.04. The third-order valence-corrected chi connectivity index (χ3v) is 4.59. The van der Waals surface area contributed by atoms with Crippen LogP contribution in [0.3, 0.4) is 0 Å². The summed E-state index contributed by atoms with van der Waals surface area (Å²) >= 11 is 1.11. The first-order valence-electron chi connectivity index (χ1n) is 7.33. The molecule has 7 nitrogen and oxygen atoms in total. The highest BCUT2D eigenvalue weighted by Gasteiger charge is 2.39. The first-order valence-corrected chi connectivity index (χ1v) is 8.15. The van der Waals surface area contributed by atoms with Gasteiger partial charge in [0.05, 0.1) is 17.8 Å². The fraction of sp³-hybridized carbons (Fsp3) is 0.125. The Labute approximate surface area is 154 Å². The van der Waals surface area contributed by atoms with Crippen molar-refractivity contribution in [3.05, 3.63) is 52.6 Å². The summed E-state index contributed by atoms with van der Waals surface area (Å²) < 4.78 is 44.3. The number of fused-ring (bicyclic) bond motifs is 1. The number of methoxy groups -OCH3 is 1. The second-order valence-electron chi connectivity index (χ2n) is 5.24. The van der Waals surface area contributed by atoms with E-state index in [9.17, 15) is 22.8 Å². The molecule has 0 saturated carbocycles. The van der Waals surface area contributed by atoms with E-state index in [0.29, 0.717) is 11.9 Å². The molecule has 1 amide bonds. The lowest BCUT2D eigenvalue weighted by atomic mass is 10.2. The first-order chi connectivity index (χ1) is 12.7. The van der Waals surface area contributed by atoms with Crippen molar-refractivity contribution in [1.29, 1.82) is 0 Å². The van der Waals surface area contributed by atoms with Crippen molar-refractivity contribution >= 4 is 34.9 Å². The zero-order valence-corrected chi connectivity index (χ0v) is 14.4. The van der Waals surface area contributed by atoms with E-state index in [2.05, 4.69) is 20.0 Å². The van der Waals surface area contributed by atoms with Gasteiger partial charge in [-0.15, -0.1) is 0 Å². The first kappa shape index (κ1) is 18.7. The summed E-state index contributed by atoms with van der Waals surface area (Å²) in [5.74, 6) is -2.81. The number of alkyl halides is 3. The Hall–Kier alpha value is -3.08. The van der Waals surface area contributed by atoms with E-state index in [-0.39, 0.29) is 10.6 Å². The molecule has 1 aromatic heterocycles. The van der Waals surface area contributed by atoms with Gasteiger partial charge in [0.15, 0.2) is 11.5 Å². The molecule has 1 aliphatic rings. The molecule has 0 aliphatic carbocycles. The van der Waals surface area contributed by atoms with Crippen LogP contribution in [0, 0.1) is 0 Å². The van der Waals surface area contributed by atoms with Crippen LogP contribution >= 0.6 is 11.8 Å². The van der Waals surface area contributed by atoms with Gasteiger partial charge in [0.2, 0.25) is 0 Å². The predicted octanol–water partition coefficient (Wildman–Crippen LogP) is 2.65. The summed E-state index contributed by atoms with van der Waals surface area (Å²) in [6.07, 6.45) is -4.30. The molecule has 0 fully saturated rings. The number of anilines is 1. The van der Waals surface area contributed by atoms with E-state index < -0.39 is 35.1 Å². The van der Waals surface area contributed by atoms with Crippen molar-refractivity contribution in [3.8, 4) is 0 Å². The van der Waals surface area contributed by atoms with Gasteiger partial charge in [-0.25, -0.2) is 14.8 Å². The number of ether oxygens (including phenoxy) is 1. The van der Waals surface area contributed by atoms with Gasteiger partial charge in [0, 0.05) is 11.1 Å². The van der Waals surface area contributed by atoms with E-state index in [0.717, 1.165) is 23.8 Å². The second kappa shape index (κ2) is 6.91. The van der Waals surface area contributed by atoms with Gasteiger partial charge in [0.1, 0.15) is 11.1 Å². The number of carbonyl (C=O) groups excluding carboxylic acids is 2. The van der Waals surface area contributed by atoms with Crippen molar-refractivity contribution in [1.82, 2.24) is 9.97 Å². The molecule has 3 rings (SSSR count). The summed E-state index contributed by atoms with van der Waals surface area (Å²) in [5.41, 5.74) is 3.33. The van der Waals surface area contributed by atoms with Gasteiger partial charge < -0.3 is 15.8 Å². The molecule has 0 atom stereocenters. The molecule has 140 valence electrons. The maximum Gasteiger partial charge on any atom is 0.434 e. The lowest BCUT2D eigenvalue weighted by Gasteiger charge is -2.13. The number of hydrogen-bond donors (Lipinski definition) is 2. The molecule has 3 N–H and O–H groups in total. The fourth-order valence-electron chi connectivity index (χ4n) is 2.33. The van der Waals surface area contributed by atoms with E-state index in [1.54, 1.807) is 24.3 Å². The third-order valence-electron chi connectivity index (χ3n) is 3.51. The number of primary amides is 1. The molecule has 0 saturated heterocycles. The molecule has 0 bridgehead atoms. The zero-order valence-electron chi connectivity index (χ0n) is 13.6. The van der Waals surface area contributed by atoms with Gasteiger partial charge in [-0.1, -0.05) is 23.9 Å². The minimum atomic E-state index is -4.96. The van der Waals surface area contributed by atoms with Crippen molar-refractivity contribution in [2.24, 2.45) is 5.73 Å². The Kier molecular flexibility index (Phi) is 4.79. The predicted molar refractivity (Wildman–Crippen MR) is 90.4 cm³/mol. The number of esters is 1. The Morgan fingerprint density at radius 1 is 1.26 bits per heavy atom. The molecule has 0 unspecified atom stereocenters. The minimum absolute atomic E-state index is 0.197. The number of halogens is 3. The van der Waals surface area contributed by atoms with Crippen molar-refractivity contribution in [2.45, 2.75) is 11.1 Å². The average Bonchev–Trinajstić information content (AvgIpc) is 3.03. The molecule has 1 aliphatic heterocycles. The molecule has 2 aromatic rings. The number of benzene rings is 1. The number of rotatable bonds is 3. The number of thioether (sulfide) groups is 1. The summed E-state index contributed by atoms with van der Waals surface area (Å²) in [6, 6.07) is 7.02. The van der Waals surface area contributed by atoms with Crippen LogP contribution in [0.15, 0.2) is 40.4 Å². The number of amides is 1. The number of nitrogens with two attached hydrogens (primary N) is 1. The lowest BCUT2D eigenvalue weighted by molar-refractivity contribution is -0.141. The Morgan fingerprint density at radius 3 is 2.56 bits per heavy atom. The number of nitrogens with one attached hydrogen (secondary N) is 1. The lowest BCUT2D eigenvalue weighted by Crippen LogP contribution is -2.22. The molecule has 0 radical (unpaired) electrons. The van der Waals surface area contributed by atoms with Crippen molar-refractivity contribution in [2.75, 3.05) is 12.4 Å². The Morgan fingerprint density at radius 2 is 1.96 bits per heavy atom. The molecule has 27 heavy (non-hydrogen) atoms. The highest BCUT2D eigenvalue weighted by atomic mass is 32.2. The second-order valence-corrected chi connectivity index (χ2v) is 6.29. The summed E-state index contributed by atoms with van der Waals surface area (Å²) in [4.78, 5) is 31.4. The number of aromatic nitrogens is 2. The molecular weight excluding hydrogens is 385 g/mol. The maximum atomic E-state index is 13.3. The molecule has 1 aromatic carbocycles. The van der Waals surface area contributed by atoms with Gasteiger partial charge in [-0.05, 0) is 12.1 Å². The normalized spacial score (nSPS) is 15.0. The summed E-state index contributed by atoms with van der Waals surface area (Å²) in [7, 11) is 0.934. The van der Waals surface area contributed by atoms with Crippen molar-refractivity contribution in [3.63, 3.8) is 0 Å². The van der Waals surface area contributed by atoms with Crippen LogP contribution in [0.2, 0.25) is 0 Å². The van der Waals surface area contributed by atoms with E-state index in [1.165, 1.54) is 0 Å². The van der Waals surface area contributed by atoms with Crippen LogP contribution < -0.4 is 11.1 Å². The van der Waals surface area contributed by atoms with Gasteiger partial charge in [-0.2, -0.15) is 13.2 Å². The minimum Gasteiger partial charge on any atom is -0.465 e. The van der Waals surface area contributed by atoms with Crippen LogP contribution in [0.25, 0.3) is 5.57 Å².